The predicted molar refractivity (Wildman–Crippen MR) is 189 cm³/mol. The highest BCUT2D eigenvalue weighted by Gasteiger charge is 2.61. The maximum Gasteiger partial charge on any atom is 0.490 e. The number of hydrogen-bond donors (Lipinski definition) is 8. The van der Waals surface area contributed by atoms with Crippen LogP contribution >= 0.6 is 58.1 Å². The molecule has 0 radical (unpaired) electrons. The Morgan fingerprint density at radius 2 is 1.70 bits per heavy atom. The molecule has 3 amide bonds. The number of aliphatic carboxylic acids is 3. The largest absolute Gasteiger partial charge is 0.504 e. The normalized spacial score (nSPS) is 17.9. The number of halogens is 8. The van der Waals surface area contributed by atoms with E-state index in [-0.39, 0.29) is 56.5 Å². The Morgan fingerprint density at radius 3 is 2.21 bits per heavy atom. The average molecular weight is 918 g/mol. The number of nitrogen functional groups attached to an aromatic ring is 1. The van der Waals surface area contributed by atoms with Crippen LogP contribution < -0.4 is 16.4 Å². The molecule has 57 heavy (non-hydrogen) atoms. The van der Waals surface area contributed by atoms with Crippen molar-refractivity contribution in [2.24, 2.45) is 5.16 Å². The van der Waals surface area contributed by atoms with Crippen molar-refractivity contribution in [3.63, 3.8) is 0 Å². The number of rotatable bonds is 13. The van der Waals surface area contributed by atoms with Crippen LogP contribution in [-0.2, 0) is 28.8 Å². The molecule has 0 spiro atoms. The third kappa shape index (κ3) is 10.6. The van der Waals surface area contributed by atoms with Gasteiger partial charge in [0.05, 0.1) is 10.6 Å². The minimum absolute atomic E-state index is 0.0831. The molecule has 9 N–H and O–H groups in total. The fraction of sp³-hybridized carbons (Fsp3) is 0.357. The zero-order valence-corrected chi connectivity index (χ0v) is 31.9. The number of oxime groups is 1. The lowest BCUT2D eigenvalue weighted by Crippen LogP contribution is -2.71. The molecule has 29 heteroatoms. The van der Waals surface area contributed by atoms with Gasteiger partial charge in [-0.05, 0) is 24.6 Å². The number of benzene rings is 1. The van der Waals surface area contributed by atoms with Crippen LogP contribution in [0.1, 0.15) is 23.0 Å². The molecule has 3 atom stereocenters. The van der Waals surface area contributed by atoms with Crippen molar-refractivity contribution in [2.75, 3.05) is 29.5 Å². The molecule has 1 fully saturated rings. The summed E-state index contributed by atoms with van der Waals surface area (Å²) in [6, 6.07) is 0.911. The topological polar surface area (TPSA) is 291 Å². The number of nitrogens with two attached hydrogens (primary N) is 1. The molecule has 4 rings (SSSR count). The van der Waals surface area contributed by atoms with Crippen molar-refractivity contribution >= 4 is 105 Å². The van der Waals surface area contributed by atoms with E-state index in [4.69, 9.17) is 43.9 Å². The van der Waals surface area contributed by atoms with Crippen LogP contribution in [-0.4, -0.2) is 130 Å². The van der Waals surface area contributed by atoms with E-state index in [2.05, 4.69) is 25.6 Å². The summed E-state index contributed by atoms with van der Waals surface area (Å²) in [4.78, 5) is 80.3. The van der Waals surface area contributed by atoms with Gasteiger partial charge in [0.25, 0.3) is 17.7 Å². The number of carbonyl (C=O) groups excluding carboxylic acids is 3. The summed E-state index contributed by atoms with van der Waals surface area (Å²) in [7, 11) is 0. The molecule has 0 aliphatic carbocycles. The standard InChI is InChI=1S/C26H23Cl2F3N6O10S3.C2HF3O2/c1-25(23(45)46,26(29,30)31)47-36-13(12-17(28)50-24(32)35-12)19(41)34-14-20(42)37-15(22(43)44)8(7-49-21(14)37)6-48-5-4-33-18(40)9-2-3-10(38)16(39)11(9)27;3-2(4,5)1(6)7/h2-3,14,21,38-39H,4-7H2,1H3,(H2,32,35)(H,33,40)(H,34,41)(H,43,44)(H,45,46);(H,6,7)/b36-13-;/t14-,21-,25-;/m1./s1. The second kappa shape index (κ2) is 18.2. The average Bonchev–Trinajstić information content (AvgIpc) is 3.44. The molecule has 2 aliphatic heterocycles. The molecule has 0 saturated carbocycles. The zero-order chi connectivity index (χ0) is 43.4. The summed E-state index contributed by atoms with van der Waals surface area (Å²) < 4.78 is 71.9. The van der Waals surface area contributed by atoms with Crippen molar-refractivity contribution < 1.29 is 85.5 Å². The third-order valence-corrected chi connectivity index (χ3v) is 11.1. The van der Waals surface area contributed by atoms with Gasteiger partial charge >= 0.3 is 35.9 Å². The van der Waals surface area contributed by atoms with Crippen LogP contribution in [0.4, 0.5) is 31.5 Å². The maximum absolute atomic E-state index is 13.5. The Labute approximate surface area is 336 Å². The number of hydrogen-bond acceptors (Lipinski definition) is 15. The van der Waals surface area contributed by atoms with Gasteiger partial charge in [-0.3, -0.25) is 19.3 Å². The molecule has 2 aromatic rings. The summed E-state index contributed by atoms with van der Waals surface area (Å²) in [6.07, 6.45) is -10.6. The number of fused-ring (bicyclic) bond motifs is 1. The van der Waals surface area contributed by atoms with Crippen molar-refractivity contribution in [3.05, 3.63) is 44.0 Å². The van der Waals surface area contributed by atoms with Gasteiger partial charge in [-0.2, -0.15) is 38.1 Å². The van der Waals surface area contributed by atoms with Gasteiger partial charge in [-0.25, -0.2) is 19.4 Å². The molecular weight excluding hydrogens is 893 g/mol. The van der Waals surface area contributed by atoms with Gasteiger partial charge < -0.3 is 46.7 Å². The molecular formula is C28H24Cl2F6N6O12S3. The molecule has 1 saturated heterocycles. The van der Waals surface area contributed by atoms with Gasteiger partial charge in [0.15, 0.2) is 22.3 Å². The van der Waals surface area contributed by atoms with Gasteiger partial charge in [-0.15, -0.1) is 11.8 Å². The highest BCUT2D eigenvalue weighted by atomic mass is 35.5. The van der Waals surface area contributed by atoms with E-state index in [1.54, 1.807) is 0 Å². The first kappa shape index (κ1) is 46.5. The summed E-state index contributed by atoms with van der Waals surface area (Å²) >= 11 is 14.8. The number of anilines is 1. The molecule has 2 aliphatic rings. The van der Waals surface area contributed by atoms with E-state index in [1.807, 2.05) is 0 Å². The van der Waals surface area contributed by atoms with E-state index in [0.717, 1.165) is 22.7 Å². The minimum Gasteiger partial charge on any atom is -0.504 e. The van der Waals surface area contributed by atoms with Crippen molar-refractivity contribution in [1.82, 2.24) is 20.5 Å². The number of thioether (sulfide) groups is 2. The van der Waals surface area contributed by atoms with Crippen LogP contribution in [0.15, 0.2) is 28.6 Å². The van der Waals surface area contributed by atoms with Crippen LogP contribution in [0, 0.1) is 0 Å². The second-order valence-electron chi connectivity index (χ2n) is 11.1. The predicted octanol–water partition coefficient (Wildman–Crippen LogP) is 3.10. The third-order valence-electron chi connectivity index (χ3n) is 7.24. The Bertz CT molecular complexity index is 2040. The zero-order valence-electron chi connectivity index (χ0n) is 27.9. The van der Waals surface area contributed by atoms with Gasteiger partial charge in [-0.1, -0.05) is 39.7 Å². The van der Waals surface area contributed by atoms with Crippen molar-refractivity contribution in [2.45, 2.75) is 36.3 Å². The molecule has 1 aromatic heterocycles. The van der Waals surface area contributed by atoms with E-state index in [1.165, 1.54) is 17.8 Å². The van der Waals surface area contributed by atoms with Gasteiger partial charge in [0.2, 0.25) is 0 Å². The number of carbonyl (C=O) groups is 6. The maximum atomic E-state index is 13.5. The van der Waals surface area contributed by atoms with Gasteiger partial charge in [0.1, 0.15) is 27.1 Å². The van der Waals surface area contributed by atoms with Crippen molar-refractivity contribution in [1.29, 1.82) is 0 Å². The quantitative estimate of drug-likeness (QED) is 0.0358. The summed E-state index contributed by atoms with van der Waals surface area (Å²) in [5.74, 6) is -10.2. The number of nitrogens with zero attached hydrogens (tertiary/aromatic N) is 3. The minimum atomic E-state index is -5.49. The summed E-state index contributed by atoms with van der Waals surface area (Å²) in [5, 5.41) is 51.8. The number of phenols is 2. The monoisotopic (exact) mass is 916 g/mol. The van der Waals surface area contributed by atoms with E-state index in [9.17, 15) is 65.6 Å². The molecule has 0 bridgehead atoms. The first-order valence-corrected chi connectivity index (χ1v) is 18.6. The number of thiazole rings is 1. The number of phenolic OH excluding ortho intramolecular Hbond substituents is 2. The molecule has 1 aromatic carbocycles. The highest BCUT2D eigenvalue weighted by Crippen LogP contribution is 2.42. The van der Waals surface area contributed by atoms with Gasteiger partial charge in [0, 0.05) is 23.8 Å². The number of nitrogens with one attached hydrogen (secondary N) is 2. The van der Waals surface area contributed by atoms with Crippen LogP contribution in [0.3, 0.4) is 0 Å². The SMILES string of the molecule is C[C@@](O/N=C(\C(=O)N[C@@H]1C(=O)N2C(C(=O)O)=C(CSCCNC(=O)c3ccc(O)c(O)c3Cl)CS[C@H]12)c1nc(N)sc1Cl)(C(=O)O)C(F)(F)F.O=C(O)C(F)(F)F. The summed E-state index contributed by atoms with van der Waals surface area (Å²) in [5.41, 5.74) is 0.00202. The van der Waals surface area contributed by atoms with E-state index >= 15 is 0 Å². The molecule has 312 valence electrons. The number of aromatic hydroxyl groups is 2. The number of β-lactam (4-membered cyclic amide) rings is 1. The number of carboxylic acids is 3. The van der Waals surface area contributed by atoms with Crippen LogP contribution in [0.2, 0.25) is 9.36 Å². The molecule has 18 nitrogen and oxygen atoms in total. The fourth-order valence-electron chi connectivity index (χ4n) is 4.27. The van der Waals surface area contributed by atoms with E-state index in [0.29, 0.717) is 16.9 Å². The van der Waals surface area contributed by atoms with Crippen molar-refractivity contribution in [3.8, 4) is 11.5 Å². The Balaban J connectivity index is 0.00000113. The fourth-order valence-corrected chi connectivity index (χ4v) is 7.79. The van der Waals surface area contributed by atoms with Crippen LogP contribution in [0.25, 0.3) is 0 Å². The number of amides is 3. The second-order valence-corrected chi connectivity index (χ2v) is 15.3. The number of carboxylic acid groups (broad SMARTS) is 3. The van der Waals surface area contributed by atoms with E-state index < -0.39 is 87.9 Å². The smallest absolute Gasteiger partial charge is 0.490 e. The lowest BCUT2D eigenvalue weighted by atomic mass is 10.0. The first-order chi connectivity index (χ1) is 26.2. The lowest BCUT2D eigenvalue weighted by Gasteiger charge is -2.49. The lowest BCUT2D eigenvalue weighted by molar-refractivity contribution is -0.269. The first-order valence-electron chi connectivity index (χ1n) is 14.8. The Morgan fingerprint density at radius 1 is 1.09 bits per heavy atom. The molecule has 3 heterocycles. The Hall–Kier alpha value is -4.86. The summed E-state index contributed by atoms with van der Waals surface area (Å²) in [6.45, 7) is 0.254. The molecule has 0 unspecified atom stereocenters. The number of aromatic nitrogens is 1. The Kier molecular flexibility index (Phi) is 14.8. The van der Waals surface area contributed by atoms with Crippen LogP contribution in [0.5, 0.6) is 11.5 Å². The number of alkyl halides is 6. The highest BCUT2D eigenvalue weighted by molar-refractivity contribution is 8.01.